The van der Waals surface area contributed by atoms with Crippen LogP contribution < -0.4 is 5.32 Å². The second-order valence-electron chi connectivity index (χ2n) is 8.79. The van der Waals surface area contributed by atoms with Gasteiger partial charge in [0.1, 0.15) is 11.5 Å². The summed E-state index contributed by atoms with van der Waals surface area (Å²) >= 11 is 6.48. The van der Waals surface area contributed by atoms with E-state index in [1.807, 2.05) is 0 Å². The summed E-state index contributed by atoms with van der Waals surface area (Å²) in [6.45, 7) is 0. The van der Waals surface area contributed by atoms with Crippen LogP contribution in [0.15, 0.2) is 48.7 Å². The first-order chi connectivity index (χ1) is 18.3. The number of nitrogens with zero attached hydrogens (tertiary/aromatic N) is 4. The van der Waals surface area contributed by atoms with Crippen LogP contribution in [0.2, 0.25) is 5.02 Å². The third-order valence-electron chi connectivity index (χ3n) is 6.29. The van der Waals surface area contributed by atoms with E-state index in [0.29, 0.717) is 12.1 Å². The molecular weight excluding hydrogens is 557 g/mol. The molecule has 0 radical (unpaired) electrons. The number of benzene rings is 2. The smallest absolute Gasteiger partial charge is 0.325 e. The standard InChI is InChI=1S/C24H14ClF7N6O/c25-16-9-13(34-21(39)22(5-6-22)15-3-2-12(7-17(15)26)23(27,28)29)8-14(20-35-37-38-36-20)19(16)11-1-4-18(33-10-11)24(30,31)32/h1-4,7-10H,5-6H2,(H,34,39)(H,35,36,37,38). The number of anilines is 1. The van der Waals surface area contributed by atoms with Crippen LogP contribution in [0.3, 0.4) is 0 Å². The molecule has 15 heteroatoms. The van der Waals surface area contributed by atoms with Crippen LogP contribution in [-0.4, -0.2) is 31.5 Å². The number of hydrogen-bond acceptors (Lipinski definition) is 5. The fraction of sp³-hybridized carbons (Fsp3) is 0.208. The molecule has 1 aliphatic rings. The van der Waals surface area contributed by atoms with Gasteiger partial charge in [0, 0.05) is 34.1 Å². The number of tetrazole rings is 1. The Morgan fingerprint density at radius 3 is 2.28 bits per heavy atom. The highest BCUT2D eigenvalue weighted by Crippen LogP contribution is 2.51. The van der Waals surface area contributed by atoms with E-state index in [9.17, 15) is 35.5 Å². The van der Waals surface area contributed by atoms with E-state index in [-0.39, 0.29) is 51.6 Å². The van der Waals surface area contributed by atoms with Gasteiger partial charge in [-0.15, -0.1) is 5.10 Å². The number of halogens is 8. The first-order valence-electron chi connectivity index (χ1n) is 11.1. The third kappa shape index (κ3) is 5.03. The summed E-state index contributed by atoms with van der Waals surface area (Å²) in [5, 5.41) is 15.9. The summed E-state index contributed by atoms with van der Waals surface area (Å²) < 4.78 is 92.4. The van der Waals surface area contributed by atoms with Crippen molar-refractivity contribution in [2.75, 3.05) is 5.32 Å². The molecule has 4 aromatic rings. The van der Waals surface area contributed by atoms with Crippen molar-refractivity contribution in [3.63, 3.8) is 0 Å². The molecule has 2 N–H and O–H groups in total. The van der Waals surface area contributed by atoms with Gasteiger partial charge >= 0.3 is 12.4 Å². The van der Waals surface area contributed by atoms with Crippen LogP contribution in [0.5, 0.6) is 0 Å². The van der Waals surface area contributed by atoms with Gasteiger partial charge in [0.15, 0.2) is 5.82 Å². The topological polar surface area (TPSA) is 96.5 Å². The summed E-state index contributed by atoms with van der Waals surface area (Å²) in [6, 6.07) is 6.67. The molecule has 0 saturated heterocycles. The maximum absolute atomic E-state index is 14.7. The second kappa shape index (κ2) is 9.29. The maximum Gasteiger partial charge on any atom is 0.433 e. The van der Waals surface area contributed by atoms with E-state index in [2.05, 4.69) is 30.9 Å². The molecule has 1 fully saturated rings. The van der Waals surface area contributed by atoms with Crippen molar-refractivity contribution in [2.24, 2.45) is 0 Å². The number of pyridine rings is 1. The van der Waals surface area contributed by atoms with Crippen LogP contribution >= 0.6 is 11.6 Å². The Bertz CT molecular complexity index is 1550. The van der Waals surface area contributed by atoms with Crippen LogP contribution in [0.1, 0.15) is 29.7 Å². The van der Waals surface area contributed by atoms with Crippen molar-refractivity contribution in [2.45, 2.75) is 30.6 Å². The lowest BCUT2D eigenvalue weighted by Gasteiger charge is -2.19. The predicted octanol–water partition coefficient (Wildman–Crippen LogP) is 6.43. The fourth-order valence-corrected chi connectivity index (χ4v) is 4.54. The molecule has 1 aliphatic carbocycles. The number of aromatic nitrogens is 5. The van der Waals surface area contributed by atoms with E-state index in [1.54, 1.807) is 0 Å². The zero-order valence-electron chi connectivity index (χ0n) is 19.3. The molecule has 202 valence electrons. The zero-order chi connectivity index (χ0) is 28.2. The Morgan fingerprint density at radius 2 is 1.74 bits per heavy atom. The second-order valence-corrected chi connectivity index (χ2v) is 9.20. The van der Waals surface area contributed by atoms with Crippen molar-refractivity contribution < 1.29 is 35.5 Å². The van der Waals surface area contributed by atoms with Crippen LogP contribution in [0.25, 0.3) is 22.5 Å². The number of rotatable bonds is 5. The lowest BCUT2D eigenvalue weighted by Crippen LogP contribution is -2.29. The number of carbonyl (C=O) groups excluding carboxylic acids is 1. The Hall–Kier alpha value is -4.07. The Kier molecular flexibility index (Phi) is 6.32. The average Bonchev–Trinajstić information content (AvgIpc) is 3.48. The monoisotopic (exact) mass is 570 g/mol. The number of nitrogens with one attached hydrogen (secondary N) is 2. The minimum atomic E-state index is -4.74. The highest BCUT2D eigenvalue weighted by atomic mass is 35.5. The Balaban J connectivity index is 1.49. The minimum Gasteiger partial charge on any atom is -0.325 e. The van der Waals surface area contributed by atoms with Gasteiger partial charge in [0.05, 0.1) is 16.0 Å². The molecule has 1 amide bonds. The first-order valence-corrected chi connectivity index (χ1v) is 11.5. The molecule has 2 aromatic heterocycles. The SMILES string of the molecule is O=C(Nc1cc(Cl)c(-c2ccc(C(F)(F)F)nc2)c(-c2nnn[nH]2)c1)C1(c2ccc(C(F)(F)F)cc2F)CC1. The van der Waals surface area contributed by atoms with Gasteiger partial charge in [-0.3, -0.25) is 9.78 Å². The Morgan fingerprint density at radius 1 is 1.00 bits per heavy atom. The van der Waals surface area contributed by atoms with Gasteiger partial charge in [-0.1, -0.05) is 23.7 Å². The summed E-state index contributed by atoms with van der Waals surface area (Å²) in [6.07, 6.45) is -8.03. The van der Waals surface area contributed by atoms with E-state index >= 15 is 0 Å². The van der Waals surface area contributed by atoms with Gasteiger partial charge in [-0.25, -0.2) is 9.49 Å². The van der Waals surface area contributed by atoms with Gasteiger partial charge in [0.25, 0.3) is 0 Å². The van der Waals surface area contributed by atoms with Gasteiger partial charge in [-0.05, 0) is 53.6 Å². The minimum absolute atomic E-state index is 0.00804. The molecule has 0 bridgehead atoms. The fourth-order valence-electron chi connectivity index (χ4n) is 4.22. The summed E-state index contributed by atoms with van der Waals surface area (Å²) in [7, 11) is 0. The van der Waals surface area contributed by atoms with Gasteiger partial charge in [0.2, 0.25) is 5.91 Å². The number of aromatic amines is 1. The number of carbonyl (C=O) groups is 1. The lowest BCUT2D eigenvalue weighted by atomic mass is 9.92. The van der Waals surface area contributed by atoms with Gasteiger partial charge < -0.3 is 5.32 Å². The highest BCUT2D eigenvalue weighted by Gasteiger charge is 2.53. The molecule has 39 heavy (non-hydrogen) atoms. The molecule has 5 rings (SSSR count). The van der Waals surface area contributed by atoms with Crippen LogP contribution in [-0.2, 0) is 22.6 Å². The number of amides is 1. The molecule has 2 aromatic carbocycles. The molecule has 0 aliphatic heterocycles. The Labute approximate surface area is 219 Å². The van der Waals surface area contributed by atoms with Crippen LogP contribution in [0, 0.1) is 5.82 Å². The largest absolute Gasteiger partial charge is 0.433 e. The lowest BCUT2D eigenvalue weighted by molar-refractivity contribution is -0.141. The van der Waals surface area contributed by atoms with Crippen molar-refractivity contribution in [3.05, 3.63) is 76.3 Å². The predicted molar refractivity (Wildman–Crippen MR) is 124 cm³/mol. The molecule has 7 nitrogen and oxygen atoms in total. The summed E-state index contributed by atoms with van der Waals surface area (Å²) in [4.78, 5) is 16.7. The van der Waals surface area contributed by atoms with E-state index in [0.717, 1.165) is 24.4 Å². The molecule has 0 unspecified atom stereocenters. The van der Waals surface area contributed by atoms with Crippen molar-refractivity contribution in [1.82, 2.24) is 25.6 Å². The van der Waals surface area contributed by atoms with E-state index in [1.165, 1.54) is 12.1 Å². The highest BCUT2D eigenvalue weighted by molar-refractivity contribution is 6.34. The number of alkyl halides is 6. The zero-order valence-corrected chi connectivity index (χ0v) is 20.0. The van der Waals surface area contributed by atoms with Crippen LogP contribution in [0.4, 0.5) is 36.4 Å². The molecule has 1 saturated carbocycles. The average molecular weight is 571 g/mol. The van der Waals surface area contributed by atoms with Crippen molar-refractivity contribution >= 4 is 23.2 Å². The summed E-state index contributed by atoms with van der Waals surface area (Å²) in [5.41, 5.74) is -3.12. The molecule has 0 atom stereocenters. The third-order valence-corrected chi connectivity index (χ3v) is 6.59. The molecule has 2 heterocycles. The number of H-pyrrole nitrogens is 1. The summed E-state index contributed by atoms with van der Waals surface area (Å²) in [5.74, 6) is -1.77. The van der Waals surface area contributed by atoms with Crippen molar-refractivity contribution in [3.8, 4) is 22.5 Å². The molecule has 0 spiro atoms. The maximum atomic E-state index is 14.7. The normalized spacial score (nSPS) is 14.8. The van der Waals surface area contributed by atoms with E-state index < -0.39 is 40.7 Å². The van der Waals surface area contributed by atoms with Gasteiger partial charge in [-0.2, -0.15) is 26.3 Å². The van der Waals surface area contributed by atoms with E-state index in [4.69, 9.17) is 11.6 Å². The quantitative estimate of drug-likeness (QED) is 0.270. The first kappa shape index (κ1) is 26.5. The molecular formula is C24H14ClF7N6O. The van der Waals surface area contributed by atoms with Crippen molar-refractivity contribution in [1.29, 1.82) is 0 Å². The number of hydrogen-bond donors (Lipinski definition) is 2.